The van der Waals surface area contributed by atoms with Gasteiger partial charge < -0.3 is 0 Å². The van der Waals surface area contributed by atoms with Crippen LogP contribution in [0.3, 0.4) is 0 Å². The van der Waals surface area contributed by atoms with Crippen molar-refractivity contribution >= 4 is 27.3 Å². The molecule has 0 spiro atoms. The summed E-state index contributed by atoms with van der Waals surface area (Å²) in [6.45, 7) is 0. The zero-order chi connectivity index (χ0) is 9.80. The number of alkyl halides is 1. The summed E-state index contributed by atoms with van der Waals surface area (Å²) in [5.74, 6) is 0. The molecule has 2 rings (SSSR count). The summed E-state index contributed by atoms with van der Waals surface area (Å²) in [7, 11) is 0. The van der Waals surface area contributed by atoms with E-state index in [2.05, 4.69) is 58.4 Å². The number of rotatable bonds is 3. The van der Waals surface area contributed by atoms with E-state index in [9.17, 15) is 0 Å². The normalized spacial score (nSPS) is 10.4. The highest BCUT2D eigenvalue weighted by molar-refractivity contribution is 9.09. The minimum Gasteiger partial charge on any atom is -0.140 e. The van der Waals surface area contributed by atoms with Crippen molar-refractivity contribution in [3.05, 3.63) is 47.3 Å². The molecule has 0 aliphatic heterocycles. The molecule has 0 aliphatic carbocycles. The second-order valence-corrected chi connectivity index (χ2v) is 5.03. The molecule has 0 unspecified atom stereocenters. The molecule has 1 heterocycles. The van der Waals surface area contributed by atoms with Crippen LogP contribution in [-0.4, -0.2) is 5.33 Å². The second kappa shape index (κ2) is 4.76. The van der Waals surface area contributed by atoms with Gasteiger partial charge in [0.15, 0.2) is 0 Å². The van der Waals surface area contributed by atoms with Gasteiger partial charge in [-0.1, -0.05) is 46.3 Å². The van der Waals surface area contributed by atoms with Crippen molar-refractivity contribution < 1.29 is 0 Å². The fraction of sp³-hybridized carbons (Fsp3) is 0.167. The second-order valence-electron chi connectivity index (χ2n) is 3.07. The SMILES string of the molecule is BrCCc1ccc(-c2ccccc2)s1. The first-order valence-corrected chi connectivity index (χ1v) is 6.54. The molecule has 0 nitrogen and oxygen atoms in total. The predicted molar refractivity (Wildman–Crippen MR) is 67.3 cm³/mol. The molecule has 0 N–H and O–H groups in total. The minimum absolute atomic E-state index is 1.04. The largest absolute Gasteiger partial charge is 0.140 e. The van der Waals surface area contributed by atoms with Crippen molar-refractivity contribution in [2.24, 2.45) is 0 Å². The smallest absolute Gasteiger partial charge is 0.0345 e. The molecule has 1 aromatic heterocycles. The van der Waals surface area contributed by atoms with Crippen LogP contribution in [0.4, 0.5) is 0 Å². The molecule has 0 saturated heterocycles. The van der Waals surface area contributed by atoms with Gasteiger partial charge in [0.2, 0.25) is 0 Å². The number of hydrogen-bond donors (Lipinski definition) is 0. The number of aryl methyl sites for hydroxylation is 1. The Morgan fingerprint density at radius 3 is 2.50 bits per heavy atom. The van der Waals surface area contributed by atoms with E-state index in [1.165, 1.54) is 15.3 Å². The average molecular weight is 267 g/mol. The third-order valence-electron chi connectivity index (χ3n) is 2.06. The summed E-state index contributed by atoms with van der Waals surface area (Å²) in [6, 6.07) is 15.0. The summed E-state index contributed by atoms with van der Waals surface area (Å²) >= 11 is 5.34. The maximum absolute atomic E-state index is 3.46. The monoisotopic (exact) mass is 266 g/mol. The van der Waals surface area contributed by atoms with Crippen LogP contribution in [0.5, 0.6) is 0 Å². The summed E-state index contributed by atoms with van der Waals surface area (Å²) in [5, 5.41) is 1.04. The zero-order valence-electron chi connectivity index (χ0n) is 7.74. The Bertz CT molecular complexity index is 392. The molecule has 0 aliphatic rings. The van der Waals surface area contributed by atoms with E-state index in [0.29, 0.717) is 0 Å². The van der Waals surface area contributed by atoms with E-state index in [0.717, 1.165) is 11.8 Å². The lowest BCUT2D eigenvalue weighted by atomic mass is 10.2. The number of thiophene rings is 1. The quantitative estimate of drug-likeness (QED) is 0.725. The van der Waals surface area contributed by atoms with Crippen molar-refractivity contribution in [3.63, 3.8) is 0 Å². The van der Waals surface area contributed by atoms with Crippen LogP contribution in [0.1, 0.15) is 4.88 Å². The van der Waals surface area contributed by atoms with Crippen LogP contribution in [0.2, 0.25) is 0 Å². The Kier molecular flexibility index (Phi) is 3.38. The van der Waals surface area contributed by atoms with Crippen molar-refractivity contribution in [3.8, 4) is 10.4 Å². The standard InChI is InChI=1S/C12H11BrS/c13-9-8-11-6-7-12(14-11)10-4-2-1-3-5-10/h1-7H,8-9H2. The van der Waals surface area contributed by atoms with E-state index >= 15 is 0 Å². The lowest BCUT2D eigenvalue weighted by molar-refractivity contribution is 1.22. The van der Waals surface area contributed by atoms with E-state index < -0.39 is 0 Å². The summed E-state index contributed by atoms with van der Waals surface area (Å²) in [4.78, 5) is 2.81. The Labute approximate surface area is 96.7 Å². The topological polar surface area (TPSA) is 0 Å². The van der Waals surface area contributed by atoms with Crippen LogP contribution >= 0.6 is 27.3 Å². The molecule has 0 amide bonds. The van der Waals surface area contributed by atoms with Gasteiger partial charge in [0.25, 0.3) is 0 Å². The zero-order valence-corrected chi connectivity index (χ0v) is 10.1. The van der Waals surface area contributed by atoms with Gasteiger partial charge in [-0.3, -0.25) is 0 Å². The van der Waals surface area contributed by atoms with Crippen molar-refractivity contribution in [2.45, 2.75) is 6.42 Å². The van der Waals surface area contributed by atoms with Gasteiger partial charge >= 0.3 is 0 Å². The lowest BCUT2D eigenvalue weighted by Gasteiger charge is -1.94. The molecule has 0 bridgehead atoms. The molecule has 0 atom stereocenters. The summed E-state index contributed by atoms with van der Waals surface area (Å²) in [5.41, 5.74) is 1.32. The molecule has 0 fully saturated rings. The van der Waals surface area contributed by atoms with E-state index in [4.69, 9.17) is 0 Å². The molecule has 72 valence electrons. The fourth-order valence-corrected chi connectivity index (χ4v) is 3.07. The highest BCUT2D eigenvalue weighted by Gasteiger charge is 2.01. The van der Waals surface area contributed by atoms with Crippen LogP contribution in [0.15, 0.2) is 42.5 Å². The third kappa shape index (κ3) is 2.25. The summed E-state index contributed by atoms with van der Waals surface area (Å²) in [6.07, 6.45) is 1.12. The molecule has 0 saturated carbocycles. The minimum atomic E-state index is 1.04. The van der Waals surface area contributed by atoms with Gasteiger partial charge in [-0.2, -0.15) is 0 Å². The van der Waals surface area contributed by atoms with Gasteiger partial charge in [0.05, 0.1) is 0 Å². The first-order valence-electron chi connectivity index (χ1n) is 4.60. The van der Waals surface area contributed by atoms with Crippen molar-refractivity contribution in [1.82, 2.24) is 0 Å². The Balaban J connectivity index is 2.25. The van der Waals surface area contributed by atoms with Crippen molar-refractivity contribution in [2.75, 3.05) is 5.33 Å². The lowest BCUT2D eigenvalue weighted by Crippen LogP contribution is -1.76. The first kappa shape index (κ1) is 9.94. The molecule has 0 radical (unpaired) electrons. The highest BCUT2D eigenvalue weighted by atomic mass is 79.9. The number of benzene rings is 1. The number of hydrogen-bond acceptors (Lipinski definition) is 1. The van der Waals surface area contributed by atoms with Crippen LogP contribution in [0, 0.1) is 0 Å². The first-order chi connectivity index (χ1) is 6.90. The van der Waals surface area contributed by atoms with Crippen LogP contribution in [0.25, 0.3) is 10.4 Å². The molecule has 1 aromatic carbocycles. The maximum atomic E-state index is 3.46. The van der Waals surface area contributed by atoms with E-state index in [-0.39, 0.29) is 0 Å². The maximum Gasteiger partial charge on any atom is 0.0345 e. The number of halogens is 1. The van der Waals surface area contributed by atoms with Crippen molar-refractivity contribution in [1.29, 1.82) is 0 Å². The molecular formula is C12H11BrS. The Hall–Kier alpha value is -0.600. The molecule has 2 aromatic rings. The molecule has 14 heavy (non-hydrogen) atoms. The van der Waals surface area contributed by atoms with Gasteiger partial charge in [0, 0.05) is 15.1 Å². The molecule has 2 heteroatoms. The van der Waals surface area contributed by atoms with E-state index in [1.807, 2.05) is 11.3 Å². The van der Waals surface area contributed by atoms with Gasteiger partial charge in [-0.05, 0) is 24.1 Å². The van der Waals surface area contributed by atoms with Crippen LogP contribution < -0.4 is 0 Å². The third-order valence-corrected chi connectivity index (χ3v) is 3.65. The van der Waals surface area contributed by atoms with Gasteiger partial charge in [-0.15, -0.1) is 11.3 Å². The average Bonchev–Trinajstić information content (AvgIpc) is 2.68. The van der Waals surface area contributed by atoms with E-state index in [1.54, 1.807) is 0 Å². The Morgan fingerprint density at radius 2 is 1.79 bits per heavy atom. The van der Waals surface area contributed by atoms with Gasteiger partial charge in [0.1, 0.15) is 0 Å². The highest BCUT2D eigenvalue weighted by Crippen LogP contribution is 2.28. The van der Waals surface area contributed by atoms with Gasteiger partial charge in [-0.25, -0.2) is 0 Å². The fourth-order valence-electron chi connectivity index (χ4n) is 1.36. The predicted octanol–water partition coefficient (Wildman–Crippen LogP) is 4.35. The van der Waals surface area contributed by atoms with Crippen LogP contribution in [-0.2, 0) is 6.42 Å². The Morgan fingerprint density at radius 1 is 1.00 bits per heavy atom. The molecular weight excluding hydrogens is 256 g/mol. The summed E-state index contributed by atoms with van der Waals surface area (Å²) < 4.78 is 0.